The van der Waals surface area contributed by atoms with Crippen molar-refractivity contribution in [3.8, 4) is 5.75 Å². The number of methoxy groups -OCH3 is 3. The zero-order chi connectivity index (χ0) is 50.7. The van der Waals surface area contributed by atoms with Gasteiger partial charge in [0.05, 0.1) is 36.6 Å². The summed E-state index contributed by atoms with van der Waals surface area (Å²) in [6.45, 7) is 14.9. The summed E-state index contributed by atoms with van der Waals surface area (Å²) in [6.07, 6.45) is 3.63. The van der Waals surface area contributed by atoms with E-state index in [2.05, 4.69) is 0 Å². The summed E-state index contributed by atoms with van der Waals surface area (Å²) in [4.78, 5) is 71.7. The van der Waals surface area contributed by atoms with Gasteiger partial charge in [-0.3, -0.25) is 19.2 Å². The number of rotatable bonds is 12. The van der Waals surface area contributed by atoms with Gasteiger partial charge in [-0.15, -0.1) is 0 Å². The van der Waals surface area contributed by atoms with Gasteiger partial charge in [-0.05, 0) is 121 Å². The molecule has 0 radical (unpaired) electrons. The SMILES string of the molecule is CCC1/C=C(\C)CC(C)CC(OC)C2OC(O)(C(=O)C(=O)N3CCCCC3C(=O)OC(C(C)=CC3CCC(OCC(=O)c4cccc(OC(C)C)c4)C(OC)C3)C(C)C(O)CC1=O)C(C)CC2OC. The Morgan fingerprint density at radius 3 is 2.29 bits per heavy atom. The number of allylic oxidation sites excluding steroid dienone is 3. The first kappa shape index (κ1) is 56.1. The molecular weight excluding hydrogens is 887 g/mol. The number of aliphatic hydroxyl groups excluding tert-OH is 1. The Hall–Kier alpha value is -3.83. The number of piperidine rings is 1. The fourth-order valence-corrected chi connectivity index (χ4v) is 10.8. The molecule has 3 fully saturated rings. The lowest BCUT2D eigenvalue weighted by atomic mass is 9.81. The van der Waals surface area contributed by atoms with Crippen LogP contribution in [-0.2, 0) is 47.6 Å². The van der Waals surface area contributed by atoms with Crippen LogP contribution in [0, 0.1) is 29.6 Å². The van der Waals surface area contributed by atoms with Gasteiger partial charge in [0, 0.05) is 57.6 Å². The van der Waals surface area contributed by atoms with Gasteiger partial charge in [0.1, 0.15) is 36.4 Å². The average molecular weight is 968 g/mol. The highest BCUT2D eigenvalue weighted by Gasteiger charge is 2.56. The Morgan fingerprint density at radius 2 is 1.62 bits per heavy atom. The van der Waals surface area contributed by atoms with E-state index >= 15 is 0 Å². The summed E-state index contributed by atoms with van der Waals surface area (Å²) in [7, 11) is 4.67. The zero-order valence-corrected chi connectivity index (χ0v) is 43.0. The number of ketones is 3. The molecule has 1 aliphatic carbocycles. The van der Waals surface area contributed by atoms with Gasteiger partial charge in [0.25, 0.3) is 11.7 Å². The third-order valence-electron chi connectivity index (χ3n) is 14.8. The van der Waals surface area contributed by atoms with E-state index in [-0.39, 0.29) is 74.1 Å². The summed E-state index contributed by atoms with van der Waals surface area (Å²) in [5.74, 6) is -7.33. The number of nitrogens with zero attached hydrogens (tertiary/aromatic N) is 1. The van der Waals surface area contributed by atoms with E-state index in [1.165, 1.54) is 19.1 Å². The second-order valence-corrected chi connectivity index (χ2v) is 20.6. The largest absolute Gasteiger partial charge is 0.491 e. The van der Waals surface area contributed by atoms with Crippen molar-refractivity contribution in [1.82, 2.24) is 4.90 Å². The monoisotopic (exact) mass is 968 g/mol. The maximum absolute atomic E-state index is 14.6. The summed E-state index contributed by atoms with van der Waals surface area (Å²) < 4.78 is 42.3. The number of aliphatic hydroxyl groups is 2. The van der Waals surface area contributed by atoms with Crippen LogP contribution in [-0.4, -0.2) is 139 Å². The predicted octanol–water partition coefficient (Wildman–Crippen LogP) is 7.17. The normalized spacial score (nSPS) is 35.9. The van der Waals surface area contributed by atoms with Gasteiger partial charge < -0.3 is 48.3 Å². The lowest BCUT2D eigenvalue weighted by Gasteiger charge is -2.47. The quantitative estimate of drug-likeness (QED) is 0.0927. The molecule has 0 aromatic heterocycles. The number of esters is 1. The van der Waals surface area contributed by atoms with Crippen LogP contribution in [0.3, 0.4) is 0 Å². The summed E-state index contributed by atoms with van der Waals surface area (Å²) >= 11 is 0. The van der Waals surface area contributed by atoms with Gasteiger partial charge in [0.15, 0.2) is 5.78 Å². The highest BCUT2D eigenvalue weighted by atomic mass is 16.7. The van der Waals surface area contributed by atoms with E-state index in [0.717, 1.165) is 5.57 Å². The molecule has 1 aromatic carbocycles. The number of Topliss-reactive ketones (excluding diaryl/α,β-unsaturated/α-hetero) is 3. The number of carbonyl (C=O) groups is 5. The van der Waals surface area contributed by atoms with Crippen LogP contribution in [0.4, 0.5) is 0 Å². The van der Waals surface area contributed by atoms with Gasteiger partial charge in [-0.2, -0.15) is 0 Å². The number of benzene rings is 1. The smallest absolute Gasteiger partial charge is 0.329 e. The zero-order valence-electron chi connectivity index (χ0n) is 43.0. The van der Waals surface area contributed by atoms with Crippen molar-refractivity contribution < 1.29 is 67.3 Å². The van der Waals surface area contributed by atoms with Crippen molar-refractivity contribution in [2.75, 3.05) is 34.5 Å². The van der Waals surface area contributed by atoms with E-state index in [1.807, 2.05) is 59.8 Å². The fourth-order valence-electron chi connectivity index (χ4n) is 10.8. The number of hydrogen-bond donors (Lipinski definition) is 2. The Balaban J connectivity index is 1.43. The minimum Gasteiger partial charge on any atom is -0.491 e. The molecule has 2 bridgehead atoms. The summed E-state index contributed by atoms with van der Waals surface area (Å²) in [6, 6.07) is 5.87. The van der Waals surface area contributed by atoms with Crippen molar-refractivity contribution in [2.45, 2.75) is 187 Å². The second-order valence-electron chi connectivity index (χ2n) is 20.6. The Kier molecular flexibility index (Phi) is 20.7. The van der Waals surface area contributed by atoms with Gasteiger partial charge >= 0.3 is 5.97 Å². The van der Waals surface area contributed by atoms with Crippen molar-refractivity contribution in [3.05, 3.63) is 53.1 Å². The molecule has 3 aliphatic heterocycles. The van der Waals surface area contributed by atoms with Crippen LogP contribution >= 0.6 is 0 Å². The van der Waals surface area contributed by atoms with Crippen LogP contribution in [0.1, 0.15) is 136 Å². The molecule has 15 heteroatoms. The van der Waals surface area contributed by atoms with Crippen molar-refractivity contribution in [3.63, 3.8) is 0 Å². The summed E-state index contributed by atoms with van der Waals surface area (Å²) in [5.41, 5.74) is 2.12. The lowest BCUT2D eigenvalue weighted by molar-refractivity contribution is -0.302. The van der Waals surface area contributed by atoms with Crippen LogP contribution in [0.25, 0.3) is 0 Å². The number of ether oxygens (including phenoxy) is 7. The Bertz CT molecular complexity index is 1980. The molecule has 15 nitrogen and oxygen atoms in total. The molecule has 3 heterocycles. The van der Waals surface area contributed by atoms with Gasteiger partial charge in [-0.25, -0.2) is 4.79 Å². The van der Waals surface area contributed by atoms with Crippen LogP contribution in [0.5, 0.6) is 5.75 Å². The molecule has 14 unspecified atom stereocenters. The van der Waals surface area contributed by atoms with Gasteiger partial charge in [-0.1, -0.05) is 57.6 Å². The van der Waals surface area contributed by atoms with Crippen LogP contribution in [0.2, 0.25) is 0 Å². The highest BCUT2D eigenvalue weighted by Crippen LogP contribution is 2.39. The van der Waals surface area contributed by atoms with Crippen molar-refractivity contribution >= 4 is 29.2 Å². The molecule has 0 spiro atoms. The second kappa shape index (κ2) is 25.5. The number of fused-ring (bicyclic) bond motifs is 3. The first-order chi connectivity index (χ1) is 32.7. The first-order valence-corrected chi connectivity index (χ1v) is 25.3. The number of cyclic esters (lactones) is 1. The highest BCUT2D eigenvalue weighted by molar-refractivity contribution is 6.39. The van der Waals surface area contributed by atoms with E-state index in [1.54, 1.807) is 39.2 Å². The Labute approximate surface area is 409 Å². The van der Waals surface area contributed by atoms with E-state index in [9.17, 15) is 34.2 Å². The molecule has 69 heavy (non-hydrogen) atoms. The summed E-state index contributed by atoms with van der Waals surface area (Å²) in [5, 5.41) is 24.0. The molecule has 2 N–H and O–H groups in total. The number of carbonyl (C=O) groups excluding carboxylic acids is 5. The molecule has 386 valence electrons. The third kappa shape index (κ3) is 14.2. The van der Waals surface area contributed by atoms with E-state index < -0.39 is 77.8 Å². The Morgan fingerprint density at radius 1 is 0.928 bits per heavy atom. The lowest BCUT2D eigenvalue weighted by Crippen LogP contribution is -2.64. The molecule has 1 amide bonds. The molecular formula is C54H81NO14. The molecule has 1 aromatic rings. The van der Waals surface area contributed by atoms with E-state index in [0.29, 0.717) is 68.3 Å². The van der Waals surface area contributed by atoms with Gasteiger partial charge in [0.2, 0.25) is 5.79 Å². The van der Waals surface area contributed by atoms with Crippen molar-refractivity contribution in [1.29, 1.82) is 0 Å². The number of hydrogen-bond acceptors (Lipinski definition) is 14. The van der Waals surface area contributed by atoms with Crippen LogP contribution < -0.4 is 4.74 Å². The minimum absolute atomic E-state index is 0.0156. The van der Waals surface area contributed by atoms with E-state index in [4.69, 9.17) is 33.2 Å². The topological polar surface area (TPSA) is 194 Å². The standard InChI is InChI=1S/C54H81NO14/c1-12-38-23-32(4)22-33(5)24-47(64-10)50-48(65-11)26-35(7)54(62,69-50)51(59)52(60)55-21-14-13-18-41(55)53(61)68-49(36(8)42(56)29-43(38)57)34(6)25-37-19-20-45(46(27-37)63-9)66-30-44(58)39-16-15-17-40(28-39)67-31(2)3/h15-17,23,25,28,31,33,35-38,41-42,45-50,56,62H,12-14,18-22,24,26-27,29-30H2,1-11H3/b32-23+,34-25?. The molecule has 1 saturated carbocycles. The number of amides is 1. The first-order valence-electron chi connectivity index (χ1n) is 25.3. The molecule has 14 atom stereocenters. The molecule has 5 rings (SSSR count). The third-order valence-corrected chi connectivity index (χ3v) is 14.8. The molecule has 4 aliphatic rings. The fraction of sp³-hybridized carbons (Fsp3) is 0.722. The average Bonchev–Trinajstić information content (AvgIpc) is 3.32. The minimum atomic E-state index is -2.53. The predicted molar refractivity (Wildman–Crippen MR) is 258 cm³/mol. The van der Waals surface area contributed by atoms with Crippen molar-refractivity contribution in [2.24, 2.45) is 29.6 Å². The maximum Gasteiger partial charge on any atom is 0.329 e. The van der Waals surface area contributed by atoms with Crippen LogP contribution in [0.15, 0.2) is 47.6 Å². The molecule has 2 saturated heterocycles. The maximum atomic E-state index is 14.6.